The van der Waals surface area contributed by atoms with Crippen LogP contribution in [0.15, 0.2) is 35.5 Å². The van der Waals surface area contributed by atoms with E-state index in [4.69, 9.17) is 0 Å². The van der Waals surface area contributed by atoms with Crippen molar-refractivity contribution < 1.29 is 4.79 Å². The van der Waals surface area contributed by atoms with Crippen molar-refractivity contribution in [3.8, 4) is 5.69 Å². The zero-order valence-corrected chi connectivity index (χ0v) is 9.52. The number of hydrogen-bond donors (Lipinski definition) is 0. The Morgan fingerprint density at radius 1 is 1.38 bits per heavy atom. The molecule has 0 N–H and O–H groups in total. The van der Waals surface area contributed by atoms with E-state index in [2.05, 4.69) is 15.5 Å². The molecule has 0 atom stereocenters. The number of carbonyl (C=O) groups is 1. The molecule has 0 radical (unpaired) electrons. The molecule has 0 aliphatic carbocycles. The molecule has 0 amide bonds. The van der Waals surface area contributed by atoms with Gasteiger partial charge in [-0.15, -0.1) is 5.10 Å². The number of ketones is 1. The van der Waals surface area contributed by atoms with Crippen LogP contribution >= 0.6 is 11.8 Å². The fourth-order valence-electron chi connectivity index (χ4n) is 1.17. The van der Waals surface area contributed by atoms with Gasteiger partial charge in [-0.1, -0.05) is 30.0 Å². The number of carbonyl (C=O) groups excluding carboxylic acids is 1. The van der Waals surface area contributed by atoms with E-state index >= 15 is 0 Å². The van der Waals surface area contributed by atoms with E-state index in [0.29, 0.717) is 10.9 Å². The van der Waals surface area contributed by atoms with Crippen LogP contribution < -0.4 is 0 Å². The monoisotopic (exact) mass is 234 g/mol. The summed E-state index contributed by atoms with van der Waals surface area (Å²) >= 11 is 1.33. The summed E-state index contributed by atoms with van der Waals surface area (Å²) in [5.41, 5.74) is 0.888. The van der Waals surface area contributed by atoms with Crippen molar-refractivity contribution in [2.75, 3.05) is 5.75 Å². The molecule has 0 saturated heterocycles. The molecule has 16 heavy (non-hydrogen) atoms. The number of hydrogen-bond acceptors (Lipinski definition) is 5. The SMILES string of the molecule is CC(=O)CSc1nnnn1-c1ccccc1. The van der Waals surface area contributed by atoms with Crippen molar-refractivity contribution in [2.45, 2.75) is 12.1 Å². The Labute approximate surface area is 96.9 Å². The molecule has 0 aliphatic heterocycles. The number of para-hydroxylation sites is 1. The standard InChI is InChI=1S/C10H10N4OS/c1-8(15)7-16-10-11-12-13-14(10)9-5-3-2-4-6-9/h2-6H,7H2,1H3. The fourth-order valence-corrected chi connectivity index (χ4v) is 1.86. The fraction of sp³-hybridized carbons (Fsp3) is 0.200. The average Bonchev–Trinajstić information content (AvgIpc) is 2.75. The summed E-state index contributed by atoms with van der Waals surface area (Å²) in [6.07, 6.45) is 0. The maximum absolute atomic E-state index is 10.9. The van der Waals surface area contributed by atoms with Gasteiger partial charge in [-0.3, -0.25) is 4.79 Å². The quantitative estimate of drug-likeness (QED) is 0.747. The van der Waals surface area contributed by atoms with Crippen molar-refractivity contribution in [3.63, 3.8) is 0 Å². The van der Waals surface area contributed by atoms with Gasteiger partial charge in [0.05, 0.1) is 11.4 Å². The third-order valence-electron chi connectivity index (χ3n) is 1.85. The van der Waals surface area contributed by atoms with E-state index in [-0.39, 0.29) is 5.78 Å². The number of rotatable bonds is 4. The number of aromatic nitrogens is 4. The minimum Gasteiger partial charge on any atom is -0.299 e. The predicted octanol–water partition coefficient (Wildman–Crippen LogP) is 1.34. The summed E-state index contributed by atoms with van der Waals surface area (Å²) in [6.45, 7) is 1.55. The summed E-state index contributed by atoms with van der Waals surface area (Å²) in [7, 11) is 0. The van der Waals surface area contributed by atoms with Crippen LogP contribution in [0.2, 0.25) is 0 Å². The third kappa shape index (κ3) is 2.46. The molecule has 6 heteroatoms. The van der Waals surface area contributed by atoms with Crippen LogP contribution in [0, 0.1) is 0 Å². The Balaban J connectivity index is 2.23. The zero-order chi connectivity index (χ0) is 11.4. The van der Waals surface area contributed by atoms with Gasteiger partial charge in [-0.2, -0.15) is 4.68 Å². The Hall–Kier alpha value is -1.69. The predicted molar refractivity (Wildman–Crippen MR) is 60.6 cm³/mol. The van der Waals surface area contributed by atoms with Crippen LogP contribution in [-0.2, 0) is 4.79 Å². The van der Waals surface area contributed by atoms with E-state index in [1.807, 2.05) is 30.3 Å². The van der Waals surface area contributed by atoms with Gasteiger partial charge in [0, 0.05) is 0 Å². The molecule has 82 valence electrons. The minimum absolute atomic E-state index is 0.104. The lowest BCUT2D eigenvalue weighted by molar-refractivity contribution is -0.114. The normalized spacial score (nSPS) is 10.3. The summed E-state index contributed by atoms with van der Waals surface area (Å²) in [5, 5.41) is 12.0. The molecule has 1 aromatic heterocycles. The lowest BCUT2D eigenvalue weighted by atomic mass is 10.3. The van der Waals surface area contributed by atoms with E-state index in [1.165, 1.54) is 11.8 Å². The molecule has 0 aliphatic rings. The maximum atomic E-state index is 10.9. The number of benzene rings is 1. The Bertz CT molecular complexity index is 483. The topological polar surface area (TPSA) is 60.7 Å². The molecule has 0 saturated carbocycles. The summed E-state index contributed by atoms with van der Waals surface area (Å²) in [6, 6.07) is 9.57. The molecular weight excluding hydrogens is 224 g/mol. The molecule has 0 fully saturated rings. The average molecular weight is 234 g/mol. The maximum Gasteiger partial charge on any atom is 0.214 e. The van der Waals surface area contributed by atoms with Crippen LogP contribution in [0.5, 0.6) is 0 Å². The molecule has 0 spiro atoms. The highest BCUT2D eigenvalue weighted by Gasteiger charge is 2.08. The van der Waals surface area contributed by atoms with Crippen molar-refractivity contribution >= 4 is 17.5 Å². The minimum atomic E-state index is 0.104. The van der Waals surface area contributed by atoms with Gasteiger partial charge in [0.15, 0.2) is 0 Å². The highest BCUT2D eigenvalue weighted by Crippen LogP contribution is 2.17. The molecule has 2 rings (SSSR count). The van der Waals surface area contributed by atoms with Crippen LogP contribution in [0.1, 0.15) is 6.92 Å². The second-order valence-corrected chi connectivity index (χ2v) is 4.14. The Morgan fingerprint density at radius 3 is 2.81 bits per heavy atom. The van der Waals surface area contributed by atoms with Crippen molar-refractivity contribution in [1.29, 1.82) is 0 Å². The third-order valence-corrected chi connectivity index (χ3v) is 2.91. The molecule has 0 bridgehead atoms. The zero-order valence-electron chi connectivity index (χ0n) is 8.70. The first-order valence-electron chi connectivity index (χ1n) is 4.73. The van der Waals surface area contributed by atoms with Gasteiger partial charge in [-0.05, 0) is 29.5 Å². The van der Waals surface area contributed by atoms with Crippen LogP contribution in [0.25, 0.3) is 5.69 Å². The van der Waals surface area contributed by atoms with Crippen molar-refractivity contribution in [1.82, 2.24) is 20.2 Å². The van der Waals surface area contributed by atoms with E-state index in [9.17, 15) is 4.79 Å². The smallest absolute Gasteiger partial charge is 0.214 e. The van der Waals surface area contributed by atoms with Crippen LogP contribution in [0.4, 0.5) is 0 Å². The van der Waals surface area contributed by atoms with E-state index in [1.54, 1.807) is 11.6 Å². The number of nitrogens with zero attached hydrogens (tertiary/aromatic N) is 4. The molecule has 1 aromatic carbocycles. The van der Waals surface area contributed by atoms with Crippen molar-refractivity contribution in [2.24, 2.45) is 0 Å². The lowest BCUT2D eigenvalue weighted by Crippen LogP contribution is -2.01. The van der Waals surface area contributed by atoms with Gasteiger partial charge in [0.2, 0.25) is 5.16 Å². The van der Waals surface area contributed by atoms with E-state index < -0.39 is 0 Å². The Morgan fingerprint density at radius 2 is 2.12 bits per heavy atom. The first-order valence-corrected chi connectivity index (χ1v) is 5.72. The van der Waals surface area contributed by atoms with Gasteiger partial charge in [-0.25, -0.2) is 0 Å². The van der Waals surface area contributed by atoms with Gasteiger partial charge in [0.25, 0.3) is 0 Å². The molecule has 1 heterocycles. The molecule has 2 aromatic rings. The number of tetrazole rings is 1. The van der Waals surface area contributed by atoms with Crippen LogP contribution in [-0.4, -0.2) is 31.7 Å². The summed E-state index contributed by atoms with van der Waals surface area (Å²) in [4.78, 5) is 10.9. The first kappa shape index (κ1) is 10.8. The van der Waals surface area contributed by atoms with Crippen LogP contribution in [0.3, 0.4) is 0 Å². The molecule has 5 nitrogen and oxygen atoms in total. The largest absolute Gasteiger partial charge is 0.299 e. The molecular formula is C10H10N4OS. The number of thioether (sulfide) groups is 1. The first-order chi connectivity index (χ1) is 7.77. The molecule has 0 unspecified atom stereocenters. The summed E-state index contributed by atoms with van der Waals surface area (Å²) in [5.74, 6) is 0.486. The number of Topliss-reactive ketones (excluding diaryl/α,β-unsaturated/α-hetero) is 1. The highest BCUT2D eigenvalue weighted by molar-refractivity contribution is 7.99. The Kier molecular flexibility index (Phi) is 3.31. The summed E-state index contributed by atoms with van der Waals surface area (Å²) < 4.78 is 1.62. The van der Waals surface area contributed by atoms with Gasteiger partial charge in [0.1, 0.15) is 5.78 Å². The van der Waals surface area contributed by atoms with Gasteiger partial charge >= 0.3 is 0 Å². The lowest BCUT2D eigenvalue weighted by Gasteiger charge is -2.02. The second kappa shape index (κ2) is 4.89. The van der Waals surface area contributed by atoms with Gasteiger partial charge < -0.3 is 0 Å². The van der Waals surface area contributed by atoms with Crippen molar-refractivity contribution in [3.05, 3.63) is 30.3 Å². The second-order valence-electron chi connectivity index (χ2n) is 3.20. The highest BCUT2D eigenvalue weighted by atomic mass is 32.2. The van der Waals surface area contributed by atoms with E-state index in [0.717, 1.165) is 5.69 Å².